The van der Waals surface area contributed by atoms with Crippen molar-refractivity contribution < 1.29 is 19.1 Å². The highest BCUT2D eigenvalue weighted by molar-refractivity contribution is 9.10. The third kappa shape index (κ3) is 12.0. The molecule has 0 bridgehead atoms. The summed E-state index contributed by atoms with van der Waals surface area (Å²) in [6.07, 6.45) is 6.78. The molecular formula is C38H50Br2N4O4. The summed E-state index contributed by atoms with van der Waals surface area (Å²) >= 11 is 6.91. The number of fused-ring (bicyclic) bond motifs is 2. The number of benzene rings is 2. The molecule has 2 N–H and O–H groups in total. The Bertz CT molecular complexity index is 1690. The fourth-order valence-corrected chi connectivity index (χ4v) is 5.64. The van der Waals surface area contributed by atoms with E-state index in [0.29, 0.717) is 17.8 Å². The van der Waals surface area contributed by atoms with Gasteiger partial charge in [0.1, 0.15) is 17.0 Å². The van der Waals surface area contributed by atoms with Crippen molar-refractivity contribution in [1.82, 2.24) is 9.97 Å². The van der Waals surface area contributed by atoms with E-state index in [-0.39, 0.29) is 5.82 Å². The molecule has 4 rings (SSSR count). The highest BCUT2D eigenvalue weighted by Crippen LogP contribution is 2.30. The van der Waals surface area contributed by atoms with E-state index in [1.54, 1.807) is 41.5 Å². The van der Waals surface area contributed by atoms with Crippen LogP contribution in [0.5, 0.6) is 0 Å². The first-order chi connectivity index (χ1) is 22.5. The van der Waals surface area contributed by atoms with Gasteiger partial charge in [-0.1, -0.05) is 83.5 Å². The number of nitrogens with two attached hydrogens (primary N) is 1. The van der Waals surface area contributed by atoms with Crippen LogP contribution in [0.15, 0.2) is 57.5 Å². The highest BCUT2D eigenvalue weighted by atomic mass is 79.9. The Labute approximate surface area is 302 Å². The lowest BCUT2D eigenvalue weighted by molar-refractivity contribution is 0.0428. The minimum atomic E-state index is -0.805. The first kappa shape index (κ1) is 39.2. The summed E-state index contributed by atoms with van der Waals surface area (Å²) in [5, 5.41) is 2.10. The summed E-state index contributed by atoms with van der Waals surface area (Å²) in [7, 11) is 0. The monoisotopic (exact) mass is 784 g/mol. The summed E-state index contributed by atoms with van der Waals surface area (Å²) < 4.78 is 13.0. The number of imide groups is 1. The van der Waals surface area contributed by atoms with E-state index in [9.17, 15) is 9.59 Å². The SMILES string of the molecule is CCCCCc1cc2ccc(Br)cc2nc1N.CCCCCc1cc2ccc(Br)cc2nc1N(C(=O)OC(C)(C)C)C(=O)OC(C)(C)C. The van der Waals surface area contributed by atoms with Crippen LogP contribution in [0, 0.1) is 0 Å². The molecule has 0 radical (unpaired) electrons. The molecule has 0 unspecified atom stereocenters. The Morgan fingerprint density at radius 2 is 1.12 bits per heavy atom. The number of hydrogen-bond acceptors (Lipinski definition) is 7. The van der Waals surface area contributed by atoms with Gasteiger partial charge in [0.2, 0.25) is 0 Å². The van der Waals surface area contributed by atoms with E-state index in [2.05, 4.69) is 62.8 Å². The number of aromatic nitrogens is 2. The number of rotatable bonds is 9. The Hall–Kier alpha value is -3.24. The number of amides is 2. The number of pyridine rings is 2. The minimum absolute atomic E-state index is 0.255. The molecule has 2 aromatic carbocycles. The van der Waals surface area contributed by atoms with Crippen molar-refractivity contribution in [2.24, 2.45) is 0 Å². The average molecular weight is 787 g/mol. The second-order valence-corrected chi connectivity index (χ2v) is 15.7. The fourth-order valence-electron chi connectivity index (χ4n) is 4.94. The molecule has 2 amide bonds. The summed E-state index contributed by atoms with van der Waals surface area (Å²) in [5.41, 5.74) is 8.04. The molecule has 10 heteroatoms. The average Bonchev–Trinajstić information content (AvgIpc) is 2.96. The summed E-state index contributed by atoms with van der Waals surface area (Å²) in [5.74, 6) is 0.928. The zero-order chi connectivity index (χ0) is 35.6. The Morgan fingerprint density at radius 1 is 0.688 bits per heavy atom. The molecule has 8 nitrogen and oxygen atoms in total. The van der Waals surface area contributed by atoms with Gasteiger partial charge < -0.3 is 15.2 Å². The molecule has 0 aliphatic heterocycles. The van der Waals surface area contributed by atoms with E-state index >= 15 is 0 Å². The van der Waals surface area contributed by atoms with Crippen molar-refractivity contribution >= 4 is 77.5 Å². The van der Waals surface area contributed by atoms with Crippen LogP contribution >= 0.6 is 31.9 Å². The predicted octanol–water partition coefficient (Wildman–Crippen LogP) is 11.7. The number of ether oxygens (including phenoxy) is 2. The number of nitrogens with zero attached hydrogens (tertiary/aromatic N) is 3. The number of hydrogen-bond donors (Lipinski definition) is 1. The van der Waals surface area contributed by atoms with Crippen molar-refractivity contribution in [1.29, 1.82) is 0 Å². The Balaban J connectivity index is 0.000000308. The summed E-state index contributed by atoms with van der Waals surface area (Å²) in [6, 6.07) is 16.0. The number of aryl methyl sites for hydroxylation is 2. The molecule has 2 heterocycles. The predicted molar refractivity (Wildman–Crippen MR) is 205 cm³/mol. The lowest BCUT2D eigenvalue weighted by Gasteiger charge is -2.29. The molecule has 0 aliphatic rings. The Morgan fingerprint density at radius 3 is 1.58 bits per heavy atom. The van der Waals surface area contributed by atoms with Gasteiger partial charge in [0.25, 0.3) is 0 Å². The molecular weight excluding hydrogens is 736 g/mol. The second kappa shape index (κ2) is 17.4. The van der Waals surface area contributed by atoms with Crippen molar-refractivity contribution in [2.45, 2.75) is 118 Å². The highest BCUT2D eigenvalue weighted by Gasteiger charge is 2.35. The van der Waals surface area contributed by atoms with Crippen LogP contribution in [0.25, 0.3) is 21.8 Å². The maximum atomic E-state index is 13.1. The molecule has 0 atom stereocenters. The number of anilines is 2. The van der Waals surface area contributed by atoms with Gasteiger partial charge in [-0.15, -0.1) is 0 Å². The maximum absolute atomic E-state index is 13.1. The standard InChI is InChI=1S/C24H33BrN2O4.C14H17BrN2/c1-8-9-10-11-17-14-16-12-13-18(25)15-19(16)26-20(17)27(21(28)30-23(2,3)4)22(29)31-24(5,6)7;1-2-3-4-5-11-8-10-6-7-12(15)9-13(10)17-14(11)16/h12-15H,8-11H2,1-7H3;6-9H,2-5H2,1H3,(H2,16,17). The van der Waals surface area contributed by atoms with Gasteiger partial charge in [0.05, 0.1) is 11.0 Å². The molecule has 0 saturated carbocycles. The Kier molecular flexibility index (Phi) is 14.2. The molecule has 0 saturated heterocycles. The first-order valence-corrected chi connectivity index (χ1v) is 18.3. The van der Waals surface area contributed by atoms with Crippen molar-refractivity contribution in [3.63, 3.8) is 0 Å². The molecule has 0 fully saturated rings. The number of carbonyl (C=O) groups is 2. The van der Waals surface area contributed by atoms with Crippen molar-refractivity contribution in [2.75, 3.05) is 10.6 Å². The third-order valence-corrected chi connectivity index (χ3v) is 8.18. The minimum Gasteiger partial charge on any atom is -0.443 e. The third-order valence-electron chi connectivity index (χ3n) is 7.19. The van der Waals surface area contributed by atoms with Gasteiger partial charge in [-0.3, -0.25) is 0 Å². The van der Waals surface area contributed by atoms with Crippen LogP contribution in [-0.2, 0) is 22.3 Å². The van der Waals surface area contributed by atoms with E-state index in [4.69, 9.17) is 20.2 Å². The summed E-state index contributed by atoms with van der Waals surface area (Å²) in [6.45, 7) is 14.9. The van der Waals surface area contributed by atoms with Crippen LogP contribution < -0.4 is 10.6 Å². The normalized spacial score (nSPS) is 11.6. The molecule has 2 aromatic heterocycles. The fraction of sp³-hybridized carbons (Fsp3) is 0.474. The number of nitrogen functional groups attached to an aromatic ring is 1. The first-order valence-electron chi connectivity index (χ1n) is 16.7. The quantitative estimate of drug-likeness (QED) is 0.168. The number of halogens is 2. The molecule has 0 spiro atoms. The van der Waals surface area contributed by atoms with Gasteiger partial charge >= 0.3 is 12.2 Å². The van der Waals surface area contributed by atoms with Gasteiger partial charge in [-0.05, 0) is 115 Å². The maximum Gasteiger partial charge on any atom is 0.425 e. The molecule has 260 valence electrons. The van der Waals surface area contributed by atoms with Crippen LogP contribution in [0.2, 0.25) is 0 Å². The van der Waals surface area contributed by atoms with Crippen molar-refractivity contribution in [3.05, 3.63) is 68.6 Å². The van der Waals surface area contributed by atoms with E-state index < -0.39 is 23.4 Å². The summed E-state index contributed by atoms with van der Waals surface area (Å²) in [4.78, 5) is 36.4. The second-order valence-electron chi connectivity index (χ2n) is 13.9. The smallest absolute Gasteiger partial charge is 0.425 e. The van der Waals surface area contributed by atoms with E-state index in [1.165, 1.54) is 24.8 Å². The zero-order valence-electron chi connectivity index (χ0n) is 29.6. The van der Waals surface area contributed by atoms with Crippen LogP contribution in [0.1, 0.15) is 105 Å². The van der Waals surface area contributed by atoms with Crippen LogP contribution in [0.3, 0.4) is 0 Å². The van der Waals surface area contributed by atoms with Crippen LogP contribution in [-0.4, -0.2) is 33.4 Å². The number of carbonyl (C=O) groups excluding carboxylic acids is 2. The van der Waals surface area contributed by atoms with E-state index in [1.807, 2.05) is 36.4 Å². The lowest BCUT2D eigenvalue weighted by atomic mass is 10.0. The molecule has 0 aliphatic carbocycles. The van der Waals surface area contributed by atoms with Gasteiger partial charge in [-0.25, -0.2) is 19.6 Å². The van der Waals surface area contributed by atoms with Gasteiger partial charge in [0.15, 0.2) is 5.82 Å². The molecule has 48 heavy (non-hydrogen) atoms. The van der Waals surface area contributed by atoms with Gasteiger partial charge in [0, 0.05) is 19.7 Å². The largest absolute Gasteiger partial charge is 0.443 e. The zero-order valence-corrected chi connectivity index (χ0v) is 32.8. The lowest BCUT2D eigenvalue weighted by Crippen LogP contribution is -2.44. The van der Waals surface area contributed by atoms with Gasteiger partial charge in [-0.2, -0.15) is 4.90 Å². The molecule has 4 aromatic rings. The van der Waals surface area contributed by atoms with Crippen LogP contribution in [0.4, 0.5) is 21.2 Å². The van der Waals surface area contributed by atoms with Crippen molar-refractivity contribution in [3.8, 4) is 0 Å². The van der Waals surface area contributed by atoms with E-state index in [0.717, 1.165) is 61.4 Å². The topological polar surface area (TPSA) is 108 Å². The number of unbranched alkanes of at least 4 members (excludes halogenated alkanes) is 4.